The van der Waals surface area contributed by atoms with Crippen LogP contribution in [0.2, 0.25) is 0 Å². The third-order valence-electron chi connectivity index (χ3n) is 2.60. The van der Waals surface area contributed by atoms with Crippen molar-refractivity contribution >= 4 is 17.5 Å². The number of ketones is 1. The van der Waals surface area contributed by atoms with Gasteiger partial charge in [0.05, 0.1) is 10.9 Å². The monoisotopic (exact) mass is 266 g/mol. The molecule has 0 radical (unpaired) electrons. The van der Waals surface area contributed by atoms with Crippen LogP contribution in [0, 0.1) is 11.8 Å². The maximum absolute atomic E-state index is 11.9. The van der Waals surface area contributed by atoms with Crippen LogP contribution in [0.4, 0.5) is 0 Å². The predicted octanol–water partition coefficient (Wildman–Crippen LogP) is 3.52. The number of hydrogen-bond acceptors (Lipinski definition) is 4. The van der Waals surface area contributed by atoms with Gasteiger partial charge in [-0.3, -0.25) is 4.79 Å². The highest BCUT2D eigenvalue weighted by Gasteiger charge is 2.19. The zero-order chi connectivity index (χ0) is 13.5. The Hall–Kier alpha value is -0.900. The molecule has 3 nitrogen and oxygen atoms in total. The van der Waals surface area contributed by atoms with Crippen LogP contribution in [0.15, 0.2) is 18.6 Å². The fourth-order valence-electron chi connectivity index (χ4n) is 1.47. The van der Waals surface area contributed by atoms with Gasteiger partial charge in [0, 0.05) is 18.5 Å². The molecule has 18 heavy (non-hydrogen) atoms. The predicted molar refractivity (Wildman–Crippen MR) is 76.5 cm³/mol. The fourth-order valence-corrected chi connectivity index (χ4v) is 2.68. The third-order valence-corrected chi connectivity index (χ3v) is 4.27. The highest BCUT2D eigenvalue weighted by atomic mass is 32.2. The topological polar surface area (TPSA) is 42.9 Å². The van der Waals surface area contributed by atoms with Crippen LogP contribution in [-0.4, -0.2) is 21.5 Å². The average molecular weight is 266 g/mol. The number of aromatic nitrogens is 2. The van der Waals surface area contributed by atoms with Crippen LogP contribution in [0.3, 0.4) is 0 Å². The van der Waals surface area contributed by atoms with Gasteiger partial charge in [0.2, 0.25) is 0 Å². The maximum atomic E-state index is 11.9. The molecule has 1 rings (SSSR count). The molecule has 0 aliphatic rings. The van der Waals surface area contributed by atoms with Crippen molar-refractivity contribution in [3.63, 3.8) is 0 Å². The van der Waals surface area contributed by atoms with Gasteiger partial charge < -0.3 is 0 Å². The third kappa shape index (κ3) is 5.17. The zero-order valence-corrected chi connectivity index (χ0v) is 12.4. The number of Topliss-reactive ketones (excluding diaryl/α,β-unsaturated/α-hetero) is 1. The van der Waals surface area contributed by atoms with Gasteiger partial charge in [0.25, 0.3) is 0 Å². The van der Waals surface area contributed by atoms with Gasteiger partial charge in [-0.2, -0.15) is 11.8 Å². The van der Waals surface area contributed by atoms with E-state index in [1.807, 2.05) is 31.7 Å². The Balaban J connectivity index is 2.72. The van der Waals surface area contributed by atoms with E-state index in [-0.39, 0.29) is 11.2 Å². The van der Waals surface area contributed by atoms with Crippen molar-refractivity contribution in [1.82, 2.24) is 9.97 Å². The molecule has 0 aliphatic carbocycles. The molecular formula is C14H22N2OS. The van der Waals surface area contributed by atoms with E-state index in [9.17, 15) is 4.79 Å². The highest BCUT2D eigenvalue weighted by Crippen LogP contribution is 2.32. The molecule has 0 bridgehead atoms. The molecule has 0 spiro atoms. The van der Waals surface area contributed by atoms with Crippen molar-refractivity contribution in [3.05, 3.63) is 24.3 Å². The Morgan fingerprint density at radius 3 is 2.56 bits per heavy atom. The molecule has 0 amide bonds. The molecule has 4 heteroatoms. The summed E-state index contributed by atoms with van der Waals surface area (Å²) in [4.78, 5) is 20.1. The second-order valence-electron chi connectivity index (χ2n) is 5.18. The first-order chi connectivity index (χ1) is 8.50. The van der Waals surface area contributed by atoms with Gasteiger partial charge in [-0.25, -0.2) is 9.97 Å². The molecule has 100 valence electrons. The quantitative estimate of drug-likeness (QED) is 0.757. The van der Waals surface area contributed by atoms with Gasteiger partial charge in [-0.05, 0) is 17.7 Å². The SMILES string of the molecule is CC(C)CSC(CC(=O)C(C)C)c1ccncn1. The lowest BCUT2D eigenvalue weighted by Gasteiger charge is -2.17. The van der Waals surface area contributed by atoms with E-state index in [1.165, 1.54) is 0 Å². The fraction of sp³-hybridized carbons (Fsp3) is 0.643. The minimum absolute atomic E-state index is 0.0917. The van der Waals surface area contributed by atoms with Crippen molar-refractivity contribution in [2.24, 2.45) is 11.8 Å². The Bertz CT molecular complexity index is 365. The number of carbonyl (C=O) groups is 1. The van der Waals surface area contributed by atoms with E-state index < -0.39 is 0 Å². The van der Waals surface area contributed by atoms with E-state index >= 15 is 0 Å². The van der Waals surface area contributed by atoms with Gasteiger partial charge in [0.15, 0.2) is 0 Å². The zero-order valence-electron chi connectivity index (χ0n) is 11.6. The molecule has 0 saturated carbocycles. The summed E-state index contributed by atoms with van der Waals surface area (Å²) in [6.07, 6.45) is 3.86. The van der Waals surface area contributed by atoms with Crippen LogP contribution in [0.1, 0.15) is 45.1 Å². The minimum Gasteiger partial charge on any atom is -0.299 e. The summed E-state index contributed by atoms with van der Waals surface area (Å²) < 4.78 is 0. The molecule has 0 aromatic carbocycles. The van der Waals surface area contributed by atoms with Crippen molar-refractivity contribution in [2.75, 3.05) is 5.75 Å². The molecular weight excluding hydrogens is 244 g/mol. The minimum atomic E-state index is 0.0917. The summed E-state index contributed by atoms with van der Waals surface area (Å²) in [5, 5.41) is 0.158. The Morgan fingerprint density at radius 2 is 2.06 bits per heavy atom. The largest absolute Gasteiger partial charge is 0.299 e. The summed E-state index contributed by atoms with van der Waals surface area (Å²) >= 11 is 1.82. The molecule has 0 aliphatic heterocycles. The second kappa shape index (κ2) is 7.52. The first-order valence-corrected chi connectivity index (χ1v) is 7.45. The molecule has 0 N–H and O–H groups in total. The maximum Gasteiger partial charge on any atom is 0.136 e. The summed E-state index contributed by atoms with van der Waals surface area (Å²) in [6, 6.07) is 1.91. The van der Waals surface area contributed by atoms with Crippen molar-refractivity contribution < 1.29 is 4.79 Å². The molecule has 1 unspecified atom stereocenters. The smallest absolute Gasteiger partial charge is 0.136 e. The second-order valence-corrected chi connectivity index (χ2v) is 6.41. The van der Waals surface area contributed by atoms with Gasteiger partial charge in [0.1, 0.15) is 12.1 Å². The van der Waals surface area contributed by atoms with Crippen LogP contribution in [0.25, 0.3) is 0 Å². The standard InChI is InChI=1S/C14H22N2OS/c1-10(2)8-18-14(7-13(17)11(3)4)12-5-6-15-9-16-12/h5-6,9-11,14H,7-8H2,1-4H3. The molecule has 0 fully saturated rings. The lowest BCUT2D eigenvalue weighted by atomic mass is 10.0. The van der Waals surface area contributed by atoms with Crippen molar-refractivity contribution in [2.45, 2.75) is 39.4 Å². The lowest BCUT2D eigenvalue weighted by Crippen LogP contribution is -2.12. The number of thioether (sulfide) groups is 1. The Labute approximate surface area is 114 Å². The van der Waals surface area contributed by atoms with Gasteiger partial charge in [-0.15, -0.1) is 0 Å². The summed E-state index contributed by atoms with van der Waals surface area (Å²) in [7, 11) is 0. The summed E-state index contributed by atoms with van der Waals surface area (Å²) in [6.45, 7) is 8.28. The molecule has 1 aromatic rings. The van der Waals surface area contributed by atoms with Crippen LogP contribution >= 0.6 is 11.8 Å². The van der Waals surface area contributed by atoms with E-state index in [4.69, 9.17) is 0 Å². The summed E-state index contributed by atoms with van der Waals surface area (Å²) in [5.74, 6) is 2.05. The van der Waals surface area contributed by atoms with Gasteiger partial charge >= 0.3 is 0 Å². The van der Waals surface area contributed by atoms with E-state index in [1.54, 1.807) is 12.5 Å². The molecule has 1 heterocycles. The molecule has 1 atom stereocenters. The first kappa shape index (κ1) is 15.2. The van der Waals surface area contributed by atoms with Crippen LogP contribution < -0.4 is 0 Å². The Kier molecular flexibility index (Phi) is 6.33. The number of hydrogen-bond donors (Lipinski definition) is 0. The van der Waals surface area contributed by atoms with Crippen LogP contribution in [-0.2, 0) is 4.79 Å². The first-order valence-electron chi connectivity index (χ1n) is 6.41. The van der Waals surface area contributed by atoms with Crippen LogP contribution in [0.5, 0.6) is 0 Å². The summed E-state index contributed by atoms with van der Waals surface area (Å²) in [5.41, 5.74) is 0.963. The van der Waals surface area contributed by atoms with E-state index in [2.05, 4.69) is 23.8 Å². The lowest BCUT2D eigenvalue weighted by molar-refractivity contribution is -0.121. The number of carbonyl (C=O) groups excluding carboxylic acids is 1. The molecule has 0 saturated heterocycles. The molecule has 1 aromatic heterocycles. The number of nitrogens with zero attached hydrogens (tertiary/aromatic N) is 2. The van der Waals surface area contributed by atoms with Gasteiger partial charge in [-0.1, -0.05) is 27.7 Å². The number of rotatable bonds is 7. The highest BCUT2D eigenvalue weighted by molar-refractivity contribution is 7.99. The average Bonchev–Trinajstić information content (AvgIpc) is 2.34. The van der Waals surface area contributed by atoms with Crippen molar-refractivity contribution in [3.8, 4) is 0 Å². The van der Waals surface area contributed by atoms with E-state index in [0.717, 1.165) is 11.4 Å². The van der Waals surface area contributed by atoms with Crippen molar-refractivity contribution in [1.29, 1.82) is 0 Å². The Morgan fingerprint density at radius 1 is 1.33 bits per heavy atom. The van der Waals surface area contributed by atoms with E-state index in [0.29, 0.717) is 18.1 Å². The normalized spacial score (nSPS) is 13.0.